The van der Waals surface area contributed by atoms with Crippen molar-refractivity contribution in [2.45, 2.75) is 26.4 Å². The van der Waals surface area contributed by atoms with Crippen LogP contribution in [0.2, 0.25) is 0 Å². The molecule has 4 aromatic rings. The Labute approximate surface area is 217 Å². The summed E-state index contributed by atoms with van der Waals surface area (Å²) in [6, 6.07) is 31.1. The molecule has 0 fully saturated rings. The summed E-state index contributed by atoms with van der Waals surface area (Å²) in [5, 5.41) is 2.95. The maximum atomic E-state index is 13.8. The first-order valence-electron chi connectivity index (χ1n) is 12.2. The van der Waals surface area contributed by atoms with E-state index in [1.54, 1.807) is 23.1 Å². The summed E-state index contributed by atoms with van der Waals surface area (Å²) in [5.74, 6) is -0.652. The number of hydrogen-bond acceptors (Lipinski definition) is 2. The van der Waals surface area contributed by atoms with E-state index in [0.29, 0.717) is 17.8 Å². The molecule has 0 aliphatic heterocycles. The number of aryl methyl sites for hydroxylation is 1. The predicted molar refractivity (Wildman–Crippen MR) is 146 cm³/mol. The van der Waals surface area contributed by atoms with Crippen LogP contribution in [0.3, 0.4) is 0 Å². The molecular formula is C32H29FN2O2. The van der Waals surface area contributed by atoms with E-state index in [1.807, 2.05) is 85.8 Å². The molecule has 0 aromatic heterocycles. The number of halogens is 1. The first-order chi connectivity index (χ1) is 18.0. The van der Waals surface area contributed by atoms with Crippen LogP contribution in [0.5, 0.6) is 0 Å². The number of carbonyl (C=O) groups is 2. The summed E-state index contributed by atoms with van der Waals surface area (Å²) in [4.78, 5) is 27.3. The van der Waals surface area contributed by atoms with Gasteiger partial charge in [0, 0.05) is 18.3 Å². The van der Waals surface area contributed by atoms with Crippen LogP contribution in [0.15, 0.2) is 109 Å². The fourth-order valence-corrected chi connectivity index (χ4v) is 4.00. The summed E-state index contributed by atoms with van der Waals surface area (Å²) in [5.41, 5.74) is 5.30. The maximum Gasteiger partial charge on any atom is 0.251 e. The lowest BCUT2D eigenvalue weighted by Crippen LogP contribution is -2.29. The van der Waals surface area contributed by atoms with E-state index in [0.717, 1.165) is 22.3 Å². The normalized spacial score (nSPS) is 10.9. The molecule has 0 radical (unpaired) electrons. The minimum absolute atomic E-state index is 0.0762. The SMILES string of the molecule is Cc1cccc(CNC(=O)Cc2ccc(N(Cc3cccc(F)c3)C(=O)/C=C/c3ccccc3)cc2)c1. The minimum atomic E-state index is -0.350. The highest BCUT2D eigenvalue weighted by atomic mass is 19.1. The van der Waals surface area contributed by atoms with Crippen LogP contribution < -0.4 is 10.2 Å². The molecule has 0 atom stereocenters. The average molecular weight is 493 g/mol. The van der Waals surface area contributed by atoms with Crippen LogP contribution in [-0.4, -0.2) is 11.8 Å². The molecule has 4 aromatic carbocycles. The molecule has 4 rings (SSSR count). The zero-order chi connectivity index (χ0) is 26.0. The highest BCUT2D eigenvalue weighted by Crippen LogP contribution is 2.20. The quantitative estimate of drug-likeness (QED) is 0.281. The zero-order valence-corrected chi connectivity index (χ0v) is 20.7. The number of carbonyl (C=O) groups excluding carboxylic acids is 2. The van der Waals surface area contributed by atoms with Crippen molar-refractivity contribution in [1.82, 2.24) is 5.32 Å². The van der Waals surface area contributed by atoms with Crippen molar-refractivity contribution in [3.8, 4) is 0 Å². The Morgan fingerprint density at radius 1 is 0.811 bits per heavy atom. The number of rotatable bonds is 9. The molecule has 0 aliphatic carbocycles. The average Bonchev–Trinajstić information content (AvgIpc) is 2.90. The van der Waals surface area contributed by atoms with Gasteiger partial charge in [-0.1, -0.05) is 84.4 Å². The molecule has 0 bridgehead atoms. The number of nitrogens with one attached hydrogen (secondary N) is 1. The smallest absolute Gasteiger partial charge is 0.251 e. The van der Waals surface area contributed by atoms with Gasteiger partial charge in [0.15, 0.2) is 0 Å². The molecule has 0 saturated carbocycles. The lowest BCUT2D eigenvalue weighted by Gasteiger charge is -2.22. The van der Waals surface area contributed by atoms with Gasteiger partial charge in [0.05, 0.1) is 13.0 Å². The van der Waals surface area contributed by atoms with Gasteiger partial charge in [-0.05, 0) is 59.5 Å². The van der Waals surface area contributed by atoms with E-state index < -0.39 is 0 Å². The van der Waals surface area contributed by atoms with Crippen molar-refractivity contribution < 1.29 is 14.0 Å². The third-order valence-corrected chi connectivity index (χ3v) is 5.90. The van der Waals surface area contributed by atoms with Crippen molar-refractivity contribution in [3.63, 3.8) is 0 Å². The molecule has 0 heterocycles. The van der Waals surface area contributed by atoms with Gasteiger partial charge in [0.1, 0.15) is 5.82 Å². The topological polar surface area (TPSA) is 49.4 Å². The van der Waals surface area contributed by atoms with Gasteiger partial charge in [-0.3, -0.25) is 9.59 Å². The van der Waals surface area contributed by atoms with E-state index >= 15 is 0 Å². The van der Waals surface area contributed by atoms with Crippen molar-refractivity contribution in [2.24, 2.45) is 0 Å². The van der Waals surface area contributed by atoms with Crippen molar-refractivity contribution >= 4 is 23.6 Å². The lowest BCUT2D eigenvalue weighted by atomic mass is 10.1. The largest absolute Gasteiger partial charge is 0.352 e. The Kier molecular flexibility index (Phi) is 8.61. The van der Waals surface area contributed by atoms with Gasteiger partial charge < -0.3 is 10.2 Å². The van der Waals surface area contributed by atoms with Crippen molar-refractivity contribution in [1.29, 1.82) is 0 Å². The van der Waals surface area contributed by atoms with Gasteiger partial charge in [0.2, 0.25) is 5.91 Å². The maximum absolute atomic E-state index is 13.8. The fraction of sp³-hybridized carbons (Fsp3) is 0.125. The first-order valence-corrected chi connectivity index (χ1v) is 12.2. The number of amides is 2. The molecule has 37 heavy (non-hydrogen) atoms. The van der Waals surface area contributed by atoms with Gasteiger partial charge in [-0.25, -0.2) is 4.39 Å². The van der Waals surface area contributed by atoms with Gasteiger partial charge in [-0.2, -0.15) is 0 Å². The van der Waals surface area contributed by atoms with E-state index in [4.69, 9.17) is 0 Å². The Morgan fingerprint density at radius 2 is 1.54 bits per heavy atom. The Morgan fingerprint density at radius 3 is 2.27 bits per heavy atom. The molecule has 2 amide bonds. The Bertz CT molecular complexity index is 1380. The molecule has 4 nitrogen and oxygen atoms in total. The second kappa shape index (κ2) is 12.5. The predicted octanol–water partition coefficient (Wildman–Crippen LogP) is 6.24. The van der Waals surface area contributed by atoms with Gasteiger partial charge in [0.25, 0.3) is 5.91 Å². The molecule has 0 aliphatic rings. The van der Waals surface area contributed by atoms with Gasteiger partial charge >= 0.3 is 0 Å². The lowest BCUT2D eigenvalue weighted by molar-refractivity contribution is -0.120. The van der Waals surface area contributed by atoms with Crippen LogP contribution in [0.25, 0.3) is 6.08 Å². The number of hydrogen-bond donors (Lipinski definition) is 1. The fourth-order valence-electron chi connectivity index (χ4n) is 4.00. The van der Waals surface area contributed by atoms with E-state index in [9.17, 15) is 14.0 Å². The third-order valence-electron chi connectivity index (χ3n) is 5.90. The standard InChI is InChI=1S/C32H29FN2O2/c1-24-7-5-10-27(19-24)22-34-31(36)21-26-13-16-30(17-14-26)35(23-28-11-6-12-29(33)20-28)32(37)18-15-25-8-3-2-4-9-25/h2-20H,21-23H2,1H3,(H,34,36)/b18-15+. The van der Waals surface area contributed by atoms with Crippen LogP contribution in [0.1, 0.15) is 27.8 Å². The summed E-state index contributed by atoms with van der Waals surface area (Å²) in [6.45, 7) is 2.71. The van der Waals surface area contributed by atoms with Crippen LogP contribution >= 0.6 is 0 Å². The highest BCUT2D eigenvalue weighted by molar-refractivity contribution is 6.03. The molecule has 0 saturated heterocycles. The summed E-state index contributed by atoms with van der Waals surface area (Å²) in [7, 11) is 0. The van der Waals surface area contributed by atoms with Crippen LogP contribution in [0.4, 0.5) is 10.1 Å². The molecule has 0 unspecified atom stereocenters. The van der Waals surface area contributed by atoms with Crippen molar-refractivity contribution in [2.75, 3.05) is 4.90 Å². The molecule has 5 heteroatoms. The van der Waals surface area contributed by atoms with E-state index in [-0.39, 0.29) is 30.6 Å². The first kappa shape index (κ1) is 25.6. The molecular weight excluding hydrogens is 463 g/mol. The molecule has 0 spiro atoms. The monoisotopic (exact) mass is 492 g/mol. The number of anilines is 1. The van der Waals surface area contributed by atoms with Crippen molar-refractivity contribution in [3.05, 3.63) is 143 Å². The molecule has 186 valence electrons. The second-order valence-electron chi connectivity index (χ2n) is 8.91. The molecule has 1 N–H and O–H groups in total. The summed E-state index contributed by atoms with van der Waals surface area (Å²) < 4.78 is 13.8. The third kappa shape index (κ3) is 7.74. The Balaban J connectivity index is 1.46. The van der Waals surface area contributed by atoms with Crippen LogP contribution in [-0.2, 0) is 29.1 Å². The summed E-state index contributed by atoms with van der Waals surface area (Å²) >= 11 is 0. The minimum Gasteiger partial charge on any atom is -0.352 e. The van der Waals surface area contributed by atoms with Crippen LogP contribution in [0, 0.1) is 12.7 Å². The second-order valence-corrected chi connectivity index (χ2v) is 8.91. The highest BCUT2D eigenvalue weighted by Gasteiger charge is 2.15. The zero-order valence-electron chi connectivity index (χ0n) is 20.7. The summed E-state index contributed by atoms with van der Waals surface area (Å²) in [6.07, 6.45) is 3.51. The van der Waals surface area contributed by atoms with Gasteiger partial charge in [-0.15, -0.1) is 0 Å². The number of nitrogens with zero attached hydrogens (tertiary/aromatic N) is 1. The number of benzene rings is 4. The Hall–Kier alpha value is -4.51. The van der Waals surface area contributed by atoms with E-state index in [1.165, 1.54) is 18.2 Å². The van der Waals surface area contributed by atoms with E-state index in [2.05, 4.69) is 5.32 Å².